The Balaban J connectivity index is 1.50. The smallest absolute Gasteiger partial charge is 0.253 e. The van der Waals surface area contributed by atoms with Crippen LogP contribution in [0.25, 0.3) is 0 Å². The Hall–Kier alpha value is -1.55. The molecule has 4 heteroatoms. The zero-order chi connectivity index (χ0) is 17.9. The van der Waals surface area contributed by atoms with Crippen LogP contribution in [0.1, 0.15) is 69.7 Å². The molecule has 0 atom stereocenters. The van der Waals surface area contributed by atoms with Gasteiger partial charge in [-0.1, -0.05) is 12.8 Å². The van der Waals surface area contributed by atoms with E-state index in [1.807, 2.05) is 49.9 Å². The fraction of sp³-hybridized carbons (Fsp3) is 0.667. The first-order chi connectivity index (χ1) is 11.9. The molecule has 0 bridgehead atoms. The number of piperidine rings is 1. The van der Waals surface area contributed by atoms with E-state index in [0.29, 0.717) is 12.2 Å². The summed E-state index contributed by atoms with van der Waals surface area (Å²) in [7, 11) is 0. The van der Waals surface area contributed by atoms with E-state index in [2.05, 4.69) is 0 Å². The summed E-state index contributed by atoms with van der Waals surface area (Å²) >= 11 is 0. The van der Waals surface area contributed by atoms with Crippen LogP contribution in [0.15, 0.2) is 24.3 Å². The van der Waals surface area contributed by atoms with Crippen LogP contribution in [0, 0.1) is 0 Å². The Morgan fingerprint density at radius 1 is 0.960 bits per heavy atom. The predicted molar refractivity (Wildman–Crippen MR) is 99.1 cm³/mol. The number of benzene rings is 1. The number of carbonyl (C=O) groups is 1. The second kappa shape index (κ2) is 7.77. The Bertz CT molecular complexity index is 562. The molecular formula is C21H31NO3. The molecule has 1 aliphatic heterocycles. The maximum atomic E-state index is 12.7. The molecule has 0 N–H and O–H groups in total. The minimum atomic E-state index is -0.229. The lowest BCUT2D eigenvalue weighted by molar-refractivity contribution is -0.0357. The van der Waals surface area contributed by atoms with Gasteiger partial charge in [0.05, 0.1) is 12.2 Å². The van der Waals surface area contributed by atoms with Crippen molar-refractivity contribution in [1.82, 2.24) is 4.90 Å². The Morgan fingerprint density at radius 2 is 1.52 bits per heavy atom. The molecule has 4 nitrogen and oxygen atoms in total. The van der Waals surface area contributed by atoms with Gasteiger partial charge >= 0.3 is 0 Å². The minimum absolute atomic E-state index is 0.113. The van der Waals surface area contributed by atoms with Gasteiger partial charge in [0, 0.05) is 18.7 Å². The number of hydrogen-bond donors (Lipinski definition) is 0. The van der Waals surface area contributed by atoms with E-state index in [1.54, 1.807) is 0 Å². The number of hydrogen-bond acceptors (Lipinski definition) is 3. The Labute approximate surface area is 151 Å². The van der Waals surface area contributed by atoms with Gasteiger partial charge in [-0.15, -0.1) is 0 Å². The third kappa shape index (κ3) is 5.21. The largest absolute Gasteiger partial charge is 0.488 e. The standard InChI is InChI=1S/C21H31NO3/c1-21(2,3)25-19-10-8-16(9-11-19)20(23)22-14-12-18(13-15-22)24-17-6-4-5-7-17/h8-11,17-18H,4-7,12-15H2,1-3H3. The lowest BCUT2D eigenvalue weighted by Gasteiger charge is -2.33. The predicted octanol–water partition coefficient (Wildman–Crippen LogP) is 4.43. The third-order valence-electron chi connectivity index (χ3n) is 4.94. The van der Waals surface area contributed by atoms with E-state index in [-0.39, 0.29) is 11.5 Å². The SMILES string of the molecule is CC(C)(C)Oc1ccc(C(=O)N2CCC(OC3CCCC3)CC2)cc1. The summed E-state index contributed by atoms with van der Waals surface area (Å²) < 4.78 is 12.0. The van der Waals surface area contributed by atoms with Gasteiger partial charge in [-0.2, -0.15) is 0 Å². The molecule has 0 aromatic heterocycles. The normalized spacial score (nSPS) is 20.0. The van der Waals surface area contributed by atoms with Crippen molar-refractivity contribution in [2.45, 2.75) is 77.1 Å². The molecule has 1 saturated heterocycles. The van der Waals surface area contributed by atoms with Gasteiger partial charge in [-0.3, -0.25) is 4.79 Å². The number of rotatable bonds is 4. The highest BCUT2D eigenvalue weighted by Crippen LogP contribution is 2.26. The summed E-state index contributed by atoms with van der Waals surface area (Å²) in [5.41, 5.74) is 0.503. The van der Waals surface area contributed by atoms with E-state index >= 15 is 0 Å². The van der Waals surface area contributed by atoms with Crippen molar-refractivity contribution < 1.29 is 14.3 Å². The molecule has 1 aromatic carbocycles. The molecule has 1 saturated carbocycles. The van der Waals surface area contributed by atoms with Gasteiger partial charge in [0.2, 0.25) is 0 Å². The number of amides is 1. The molecule has 0 unspecified atom stereocenters. The summed E-state index contributed by atoms with van der Waals surface area (Å²) in [6, 6.07) is 7.50. The van der Waals surface area contributed by atoms with E-state index in [4.69, 9.17) is 9.47 Å². The van der Waals surface area contributed by atoms with Crippen LogP contribution in [0.3, 0.4) is 0 Å². The van der Waals surface area contributed by atoms with Gasteiger partial charge in [-0.25, -0.2) is 0 Å². The second-order valence-corrected chi connectivity index (χ2v) is 8.27. The average Bonchev–Trinajstić information content (AvgIpc) is 3.07. The van der Waals surface area contributed by atoms with Crippen LogP contribution in [0.2, 0.25) is 0 Å². The van der Waals surface area contributed by atoms with Crippen LogP contribution in [0.5, 0.6) is 5.75 Å². The number of likely N-dealkylation sites (tertiary alicyclic amines) is 1. The molecule has 0 radical (unpaired) electrons. The lowest BCUT2D eigenvalue weighted by Crippen LogP contribution is -2.41. The average molecular weight is 345 g/mol. The third-order valence-corrected chi connectivity index (χ3v) is 4.94. The van der Waals surface area contributed by atoms with Crippen molar-refractivity contribution in [3.8, 4) is 5.75 Å². The summed E-state index contributed by atoms with van der Waals surface area (Å²) in [5.74, 6) is 0.911. The topological polar surface area (TPSA) is 38.8 Å². The van der Waals surface area contributed by atoms with E-state index in [0.717, 1.165) is 37.2 Å². The van der Waals surface area contributed by atoms with Gasteiger partial charge in [0.15, 0.2) is 0 Å². The highest BCUT2D eigenvalue weighted by atomic mass is 16.5. The molecule has 2 aliphatic rings. The second-order valence-electron chi connectivity index (χ2n) is 8.27. The number of ether oxygens (including phenoxy) is 2. The maximum Gasteiger partial charge on any atom is 0.253 e. The van der Waals surface area contributed by atoms with E-state index < -0.39 is 0 Å². The molecule has 1 aromatic rings. The molecule has 2 fully saturated rings. The lowest BCUT2D eigenvalue weighted by atomic mass is 10.1. The first kappa shape index (κ1) is 18.2. The molecule has 1 heterocycles. The van der Waals surface area contributed by atoms with Gasteiger partial charge in [0.1, 0.15) is 11.4 Å². The molecular weight excluding hydrogens is 314 g/mol. The van der Waals surface area contributed by atoms with Crippen LogP contribution < -0.4 is 4.74 Å². The number of carbonyl (C=O) groups excluding carboxylic acids is 1. The van der Waals surface area contributed by atoms with E-state index in [1.165, 1.54) is 25.7 Å². The summed E-state index contributed by atoms with van der Waals surface area (Å²) in [6.45, 7) is 7.63. The van der Waals surface area contributed by atoms with Gasteiger partial charge < -0.3 is 14.4 Å². The van der Waals surface area contributed by atoms with Gasteiger partial charge in [-0.05, 0) is 70.7 Å². The molecule has 3 rings (SSSR count). The highest BCUT2D eigenvalue weighted by Gasteiger charge is 2.27. The number of nitrogens with zero attached hydrogens (tertiary/aromatic N) is 1. The van der Waals surface area contributed by atoms with Crippen molar-refractivity contribution in [3.63, 3.8) is 0 Å². The monoisotopic (exact) mass is 345 g/mol. The van der Waals surface area contributed by atoms with Crippen molar-refractivity contribution >= 4 is 5.91 Å². The van der Waals surface area contributed by atoms with Crippen molar-refractivity contribution in [3.05, 3.63) is 29.8 Å². The summed E-state index contributed by atoms with van der Waals surface area (Å²) in [5, 5.41) is 0. The van der Waals surface area contributed by atoms with Crippen LogP contribution in [0.4, 0.5) is 0 Å². The van der Waals surface area contributed by atoms with Crippen molar-refractivity contribution in [2.24, 2.45) is 0 Å². The van der Waals surface area contributed by atoms with Crippen molar-refractivity contribution in [1.29, 1.82) is 0 Å². The highest BCUT2D eigenvalue weighted by molar-refractivity contribution is 5.94. The molecule has 1 amide bonds. The van der Waals surface area contributed by atoms with Crippen molar-refractivity contribution in [2.75, 3.05) is 13.1 Å². The fourth-order valence-corrected chi connectivity index (χ4v) is 3.69. The zero-order valence-electron chi connectivity index (χ0n) is 15.8. The maximum absolute atomic E-state index is 12.7. The van der Waals surface area contributed by atoms with E-state index in [9.17, 15) is 4.79 Å². The Morgan fingerprint density at radius 3 is 2.08 bits per heavy atom. The zero-order valence-corrected chi connectivity index (χ0v) is 15.8. The van der Waals surface area contributed by atoms with Crippen LogP contribution in [-0.2, 0) is 4.74 Å². The van der Waals surface area contributed by atoms with Crippen LogP contribution in [-0.4, -0.2) is 41.7 Å². The molecule has 25 heavy (non-hydrogen) atoms. The Kier molecular flexibility index (Phi) is 5.67. The first-order valence-corrected chi connectivity index (χ1v) is 9.64. The van der Waals surface area contributed by atoms with Crippen LogP contribution >= 0.6 is 0 Å². The minimum Gasteiger partial charge on any atom is -0.488 e. The molecule has 1 aliphatic carbocycles. The first-order valence-electron chi connectivity index (χ1n) is 9.64. The molecule has 0 spiro atoms. The quantitative estimate of drug-likeness (QED) is 0.810. The summed E-state index contributed by atoms with van der Waals surface area (Å²) in [4.78, 5) is 14.6. The fourth-order valence-electron chi connectivity index (χ4n) is 3.69. The molecule has 138 valence electrons. The summed E-state index contributed by atoms with van der Waals surface area (Å²) in [6.07, 6.45) is 7.72. The van der Waals surface area contributed by atoms with Gasteiger partial charge in [0.25, 0.3) is 5.91 Å².